The first-order valence-corrected chi connectivity index (χ1v) is 8.88. The number of rotatable bonds is 7. The largest absolute Gasteiger partial charge is 0.484 e. The van der Waals surface area contributed by atoms with Gasteiger partial charge in [0.05, 0.1) is 12.2 Å². The predicted molar refractivity (Wildman–Crippen MR) is 104 cm³/mol. The first kappa shape index (κ1) is 19.6. The first-order chi connectivity index (χ1) is 13.5. The van der Waals surface area contributed by atoms with Crippen LogP contribution in [0.5, 0.6) is 5.75 Å². The van der Waals surface area contributed by atoms with E-state index in [0.29, 0.717) is 10.7 Å². The summed E-state index contributed by atoms with van der Waals surface area (Å²) in [5.74, 6) is -0.557. The van der Waals surface area contributed by atoms with E-state index in [0.717, 1.165) is 5.56 Å². The number of carbonyl (C=O) groups is 1. The van der Waals surface area contributed by atoms with Gasteiger partial charge >= 0.3 is 0 Å². The number of aromatic nitrogens is 2. The van der Waals surface area contributed by atoms with Crippen molar-refractivity contribution in [3.05, 3.63) is 81.9 Å². The number of nitrogens with one attached hydrogen (secondary N) is 1. The number of halogens is 2. The molecule has 0 aliphatic rings. The molecule has 1 aromatic heterocycles. The van der Waals surface area contributed by atoms with Crippen molar-refractivity contribution < 1.29 is 13.9 Å². The van der Waals surface area contributed by atoms with Gasteiger partial charge in [0.15, 0.2) is 6.61 Å². The van der Waals surface area contributed by atoms with E-state index in [9.17, 15) is 14.0 Å². The zero-order chi connectivity index (χ0) is 19.9. The molecule has 3 rings (SSSR count). The number of carbonyl (C=O) groups excluding carboxylic acids is 1. The first-order valence-electron chi connectivity index (χ1n) is 8.50. The Labute approximate surface area is 165 Å². The third kappa shape index (κ3) is 5.40. The maximum atomic E-state index is 13.1. The van der Waals surface area contributed by atoms with Gasteiger partial charge in [-0.2, -0.15) is 5.10 Å². The molecule has 0 bridgehead atoms. The Hall–Kier alpha value is -3.19. The van der Waals surface area contributed by atoms with Crippen molar-refractivity contribution in [2.45, 2.75) is 6.54 Å². The molecule has 28 heavy (non-hydrogen) atoms. The Morgan fingerprint density at radius 1 is 1.14 bits per heavy atom. The second-order valence-electron chi connectivity index (χ2n) is 5.88. The van der Waals surface area contributed by atoms with Crippen LogP contribution >= 0.6 is 11.6 Å². The van der Waals surface area contributed by atoms with Gasteiger partial charge in [0.25, 0.3) is 11.5 Å². The standard InChI is InChI=1S/C20H17ClFN3O3/c21-15-6-4-14(5-7-15)18-8-9-20(27)25(24-18)11-10-23-19(26)13-28-17-3-1-2-16(22)12-17/h1-9,12H,10-11,13H2,(H,23,26). The fraction of sp³-hybridized carbons (Fsp3) is 0.150. The monoisotopic (exact) mass is 401 g/mol. The minimum Gasteiger partial charge on any atom is -0.484 e. The van der Waals surface area contributed by atoms with Gasteiger partial charge in [0.2, 0.25) is 0 Å². The quantitative estimate of drug-likeness (QED) is 0.660. The lowest BCUT2D eigenvalue weighted by molar-refractivity contribution is -0.123. The van der Waals surface area contributed by atoms with Crippen LogP contribution in [0.15, 0.2) is 65.5 Å². The molecule has 6 nitrogen and oxygen atoms in total. The Kier molecular flexibility index (Phi) is 6.39. The maximum Gasteiger partial charge on any atom is 0.266 e. The van der Waals surface area contributed by atoms with Gasteiger partial charge in [-0.05, 0) is 30.3 Å². The van der Waals surface area contributed by atoms with Crippen LogP contribution in [0.25, 0.3) is 11.3 Å². The van der Waals surface area contributed by atoms with Crippen molar-refractivity contribution in [2.24, 2.45) is 0 Å². The van der Waals surface area contributed by atoms with E-state index in [2.05, 4.69) is 10.4 Å². The molecule has 0 saturated carbocycles. The van der Waals surface area contributed by atoms with Crippen molar-refractivity contribution in [1.82, 2.24) is 15.1 Å². The van der Waals surface area contributed by atoms with E-state index < -0.39 is 5.82 Å². The van der Waals surface area contributed by atoms with Gasteiger partial charge < -0.3 is 10.1 Å². The zero-order valence-electron chi connectivity index (χ0n) is 14.8. The minimum atomic E-state index is -0.441. The fourth-order valence-electron chi connectivity index (χ4n) is 2.44. The van der Waals surface area contributed by atoms with E-state index in [-0.39, 0.29) is 36.9 Å². The van der Waals surface area contributed by atoms with Crippen LogP contribution in [0.4, 0.5) is 4.39 Å². The minimum absolute atomic E-state index is 0.197. The highest BCUT2D eigenvalue weighted by Crippen LogP contribution is 2.18. The normalized spacial score (nSPS) is 10.5. The van der Waals surface area contributed by atoms with Crippen molar-refractivity contribution >= 4 is 17.5 Å². The fourth-order valence-corrected chi connectivity index (χ4v) is 2.57. The zero-order valence-corrected chi connectivity index (χ0v) is 15.5. The molecule has 8 heteroatoms. The molecule has 3 aromatic rings. The molecule has 0 atom stereocenters. The summed E-state index contributed by atoms with van der Waals surface area (Å²) in [6.45, 7) is 0.144. The van der Waals surface area contributed by atoms with Crippen molar-refractivity contribution in [3.63, 3.8) is 0 Å². The second-order valence-corrected chi connectivity index (χ2v) is 6.32. The summed E-state index contributed by atoms with van der Waals surface area (Å²) in [6.07, 6.45) is 0. The van der Waals surface area contributed by atoms with Gasteiger partial charge in [0.1, 0.15) is 11.6 Å². The summed E-state index contributed by atoms with van der Waals surface area (Å²) in [5, 5.41) is 7.56. The Morgan fingerprint density at radius 2 is 1.93 bits per heavy atom. The Bertz CT molecular complexity index is 1020. The predicted octanol–water partition coefficient (Wildman–Crippen LogP) is 2.90. The van der Waals surface area contributed by atoms with E-state index in [1.54, 1.807) is 24.3 Å². The molecule has 2 aromatic carbocycles. The molecule has 0 aliphatic heterocycles. The molecule has 0 radical (unpaired) electrons. The molecular weight excluding hydrogens is 385 g/mol. The Balaban J connectivity index is 1.54. The molecule has 1 amide bonds. The average molecular weight is 402 g/mol. The van der Waals surface area contributed by atoms with Crippen LogP contribution in [0.2, 0.25) is 5.02 Å². The van der Waals surface area contributed by atoms with Gasteiger partial charge in [-0.25, -0.2) is 9.07 Å². The van der Waals surface area contributed by atoms with Crippen LogP contribution < -0.4 is 15.6 Å². The summed E-state index contributed by atoms with van der Waals surface area (Å²) in [4.78, 5) is 23.8. The SMILES string of the molecule is O=C(COc1cccc(F)c1)NCCn1nc(-c2ccc(Cl)cc2)ccc1=O. The lowest BCUT2D eigenvalue weighted by atomic mass is 10.1. The molecule has 144 valence electrons. The summed E-state index contributed by atoms with van der Waals surface area (Å²) < 4.78 is 19.6. The number of amides is 1. The molecule has 0 aliphatic carbocycles. The topological polar surface area (TPSA) is 73.2 Å². The number of benzene rings is 2. The molecular formula is C20H17ClFN3O3. The molecule has 0 fully saturated rings. The lowest BCUT2D eigenvalue weighted by Gasteiger charge is -2.09. The summed E-state index contributed by atoms with van der Waals surface area (Å²) in [7, 11) is 0. The highest BCUT2D eigenvalue weighted by Gasteiger charge is 2.06. The second kappa shape index (κ2) is 9.14. The van der Waals surface area contributed by atoms with Gasteiger partial charge in [0, 0.05) is 29.3 Å². The molecule has 0 spiro atoms. The lowest BCUT2D eigenvalue weighted by Crippen LogP contribution is -2.34. The summed E-state index contributed by atoms with van der Waals surface area (Å²) in [6, 6.07) is 15.7. The highest BCUT2D eigenvalue weighted by molar-refractivity contribution is 6.30. The maximum absolute atomic E-state index is 13.1. The van der Waals surface area contributed by atoms with Crippen LogP contribution in [0.3, 0.4) is 0 Å². The summed E-state index contributed by atoms with van der Waals surface area (Å²) >= 11 is 5.88. The molecule has 0 unspecified atom stereocenters. The third-order valence-corrected chi connectivity index (χ3v) is 4.07. The van der Waals surface area contributed by atoms with Crippen LogP contribution in [-0.2, 0) is 11.3 Å². The van der Waals surface area contributed by atoms with Crippen molar-refractivity contribution in [2.75, 3.05) is 13.2 Å². The van der Waals surface area contributed by atoms with E-state index in [1.807, 2.05) is 12.1 Å². The Morgan fingerprint density at radius 3 is 2.68 bits per heavy atom. The van der Waals surface area contributed by atoms with Crippen molar-refractivity contribution in [3.8, 4) is 17.0 Å². The smallest absolute Gasteiger partial charge is 0.266 e. The average Bonchev–Trinajstić information content (AvgIpc) is 2.68. The van der Waals surface area contributed by atoms with Crippen LogP contribution in [0.1, 0.15) is 0 Å². The summed E-state index contributed by atoms with van der Waals surface area (Å²) in [5.41, 5.74) is 1.17. The molecule has 1 heterocycles. The number of nitrogens with zero attached hydrogens (tertiary/aromatic N) is 2. The highest BCUT2D eigenvalue weighted by atomic mass is 35.5. The van der Waals surface area contributed by atoms with Gasteiger partial charge in [-0.1, -0.05) is 29.8 Å². The number of ether oxygens (including phenoxy) is 1. The van der Waals surface area contributed by atoms with Gasteiger partial charge in [-0.15, -0.1) is 0 Å². The van der Waals surface area contributed by atoms with Crippen LogP contribution in [-0.4, -0.2) is 28.8 Å². The van der Waals surface area contributed by atoms with E-state index in [1.165, 1.54) is 28.9 Å². The van der Waals surface area contributed by atoms with Crippen LogP contribution in [0, 0.1) is 5.82 Å². The molecule has 1 N–H and O–H groups in total. The van der Waals surface area contributed by atoms with Gasteiger partial charge in [-0.3, -0.25) is 9.59 Å². The third-order valence-electron chi connectivity index (χ3n) is 3.82. The van der Waals surface area contributed by atoms with Crippen molar-refractivity contribution in [1.29, 1.82) is 0 Å². The van der Waals surface area contributed by atoms with E-state index >= 15 is 0 Å². The van der Waals surface area contributed by atoms with E-state index in [4.69, 9.17) is 16.3 Å². The molecule has 0 saturated heterocycles. The number of hydrogen-bond donors (Lipinski definition) is 1. The number of hydrogen-bond acceptors (Lipinski definition) is 4.